The first-order valence-electron chi connectivity index (χ1n) is 8.61. The number of carbonyl (C=O) groups excluding carboxylic acids is 1. The Morgan fingerprint density at radius 3 is 2.76 bits per heavy atom. The number of hydrogen-bond donors (Lipinski definition) is 1. The lowest BCUT2D eigenvalue weighted by Gasteiger charge is -2.05. The van der Waals surface area contributed by atoms with Gasteiger partial charge in [0.25, 0.3) is 11.8 Å². The van der Waals surface area contributed by atoms with Gasteiger partial charge in [0.05, 0.1) is 5.01 Å². The molecule has 0 aliphatic heterocycles. The van der Waals surface area contributed by atoms with Crippen LogP contribution in [0.2, 0.25) is 0 Å². The van der Waals surface area contributed by atoms with Crippen molar-refractivity contribution in [3.63, 3.8) is 0 Å². The number of aryl methyl sites for hydroxylation is 1. The number of rotatable bonds is 3. The second-order valence-corrected chi connectivity index (χ2v) is 7.33. The van der Waals surface area contributed by atoms with Gasteiger partial charge in [-0.3, -0.25) is 10.1 Å². The minimum absolute atomic E-state index is 0.131. The zero-order valence-electron chi connectivity index (χ0n) is 15.0. The maximum atomic E-state index is 12.7. The molecule has 0 atom stereocenters. The Morgan fingerprint density at radius 2 is 1.93 bits per heavy atom. The van der Waals surface area contributed by atoms with Crippen LogP contribution in [0.25, 0.3) is 33.3 Å². The summed E-state index contributed by atoms with van der Waals surface area (Å²) in [7, 11) is 0. The smallest absolute Gasteiger partial charge is 0.349 e. The van der Waals surface area contributed by atoms with E-state index >= 15 is 0 Å². The molecule has 0 radical (unpaired) electrons. The predicted octanol–water partition coefficient (Wildman–Crippen LogP) is 4.01. The first-order chi connectivity index (χ1) is 14.1. The van der Waals surface area contributed by atoms with Crippen molar-refractivity contribution in [2.24, 2.45) is 0 Å². The lowest BCUT2D eigenvalue weighted by atomic mass is 10.0. The first kappa shape index (κ1) is 17.3. The van der Waals surface area contributed by atoms with Gasteiger partial charge in [-0.25, -0.2) is 9.78 Å². The number of anilines is 1. The van der Waals surface area contributed by atoms with Gasteiger partial charge in [0, 0.05) is 10.8 Å². The molecular weight excluding hydrogens is 392 g/mol. The molecule has 5 rings (SSSR count). The number of nitrogens with one attached hydrogen (secondary N) is 1. The van der Waals surface area contributed by atoms with Crippen LogP contribution < -0.4 is 10.9 Å². The Bertz CT molecular complexity index is 1450. The quantitative estimate of drug-likeness (QED) is 0.357. The van der Waals surface area contributed by atoms with Gasteiger partial charge in [-0.05, 0) is 29.8 Å². The van der Waals surface area contributed by atoms with Crippen molar-refractivity contribution in [3.05, 3.63) is 68.8 Å². The molecule has 1 N–H and O–H groups in total. The molecule has 2 aromatic carbocycles. The standard InChI is InChI=1S/C20H12N4O4S/c1-10-21-15(9-29-10)18-23-24-20(28-18)22-17(25)14-8-13-12-5-3-2-4-11(12)6-7-16(13)27-19(14)26/h2-9H,1H3,(H,22,24,25). The normalized spacial score (nSPS) is 11.2. The SMILES string of the molecule is Cc1nc(-c2nnc(NC(=O)c3cc4c(ccc5ccccc54)oc3=O)o2)cs1. The summed E-state index contributed by atoms with van der Waals surface area (Å²) in [6.45, 7) is 1.86. The number of amides is 1. The fourth-order valence-corrected chi connectivity index (χ4v) is 3.62. The van der Waals surface area contributed by atoms with Crippen LogP contribution in [0.1, 0.15) is 15.4 Å². The number of aromatic nitrogens is 3. The molecule has 142 valence electrons. The maximum absolute atomic E-state index is 12.7. The number of benzene rings is 2. The highest BCUT2D eigenvalue weighted by Gasteiger charge is 2.18. The molecule has 5 aromatic rings. The summed E-state index contributed by atoms with van der Waals surface area (Å²) >= 11 is 1.44. The van der Waals surface area contributed by atoms with Crippen molar-refractivity contribution in [2.45, 2.75) is 6.92 Å². The summed E-state index contributed by atoms with van der Waals surface area (Å²) in [6.07, 6.45) is 0. The van der Waals surface area contributed by atoms with Gasteiger partial charge >= 0.3 is 11.6 Å². The van der Waals surface area contributed by atoms with Gasteiger partial charge in [-0.2, -0.15) is 0 Å². The van der Waals surface area contributed by atoms with Gasteiger partial charge < -0.3 is 8.83 Å². The van der Waals surface area contributed by atoms with Gasteiger partial charge in [-0.1, -0.05) is 35.4 Å². The van der Waals surface area contributed by atoms with Crippen molar-refractivity contribution in [2.75, 3.05) is 5.32 Å². The van der Waals surface area contributed by atoms with E-state index < -0.39 is 11.5 Å². The fourth-order valence-electron chi connectivity index (χ4n) is 3.03. The third kappa shape index (κ3) is 3.07. The average Bonchev–Trinajstić information content (AvgIpc) is 3.36. The van der Waals surface area contributed by atoms with Crippen LogP contribution in [0, 0.1) is 6.92 Å². The van der Waals surface area contributed by atoms with E-state index in [0.717, 1.165) is 15.8 Å². The topological polar surface area (TPSA) is 111 Å². The molecule has 0 saturated carbocycles. The van der Waals surface area contributed by atoms with Crippen LogP contribution in [0.3, 0.4) is 0 Å². The summed E-state index contributed by atoms with van der Waals surface area (Å²) < 4.78 is 10.8. The molecule has 0 spiro atoms. The molecule has 8 nitrogen and oxygen atoms in total. The number of fused-ring (bicyclic) bond motifs is 3. The third-order valence-electron chi connectivity index (χ3n) is 4.37. The summed E-state index contributed by atoms with van der Waals surface area (Å²) in [5.41, 5.74) is 0.0275. The lowest BCUT2D eigenvalue weighted by Crippen LogP contribution is -2.20. The summed E-state index contributed by atoms with van der Waals surface area (Å²) in [6, 6.07) is 12.6. The van der Waals surface area contributed by atoms with Crippen molar-refractivity contribution < 1.29 is 13.6 Å². The van der Waals surface area contributed by atoms with Crippen molar-refractivity contribution in [1.29, 1.82) is 0 Å². The highest BCUT2D eigenvalue weighted by atomic mass is 32.1. The average molecular weight is 404 g/mol. The first-order valence-corrected chi connectivity index (χ1v) is 9.49. The molecular formula is C20H12N4O4S. The Morgan fingerprint density at radius 1 is 1.07 bits per heavy atom. The minimum Gasteiger partial charge on any atom is -0.422 e. The number of hydrogen-bond acceptors (Lipinski definition) is 8. The van der Waals surface area contributed by atoms with Gasteiger partial charge in [0.1, 0.15) is 16.8 Å². The van der Waals surface area contributed by atoms with Gasteiger partial charge in [-0.15, -0.1) is 16.4 Å². The van der Waals surface area contributed by atoms with Crippen molar-refractivity contribution in [1.82, 2.24) is 15.2 Å². The molecule has 1 amide bonds. The molecule has 29 heavy (non-hydrogen) atoms. The minimum atomic E-state index is -0.750. The number of thiazole rings is 1. The van der Waals surface area contributed by atoms with Crippen LogP contribution in [0.15, 0.2) is 61.5 Å². The molecule has 0 unspecified atom stereocenters. The fraction of sp³-hybridized carbons (Fsp3) is 0.0500. The van der Waals surface area contributed by atoms with Crippen LogP contribution in [0.5, 0.6) is 0 Å². The summed E-state index contributed by atoms with van der Waals surface area (Å²) in [5.74, 6) is -0.514. The molecule has 0 saturated heterocycles. The molecule has 3 aromatic heterocycles. The van der Waals surface area contributed by atoms with Crippen molar-refractivity contribution in [3.8, 4) is 11.6 Å². The zero-order chi connectivity index (χ0) is 20.0. The van der Waals surface area contributed by atoms with E-state index in [1.54, 1.807) is 11.4 Å². The van der Waals surface area contributed by atoms with Gasteiger partial charge in [0.2, 0.25) is 0 Å². The van der Waals surface area contributed by atoms with E-state index in [4.69, 9.17) is 8.83 Å². The molecule has 0 aliphatic carbocycles. The maximum Gasteiger partial charge on any atom is 0.349 e. The van der Waals surface area contributed by atoms with Crippen LogP contribution >= 0.6 is 11.3 Å². The lowest BCUT2D eigenvalue weighted by molar-refractivity contribution is 0.102. The highest BCUT2D eigenvalue weighted by molar-refractivity contribution is 7.09. The van der Waals surface area contributed by atoms with Crippen molar-refractivity contribution >= 4 is 45.0 Å². The van der Waals surface area contributed by atoms with Crippen LogP contribution in [-0.2, 0) is 0 Å². The molecule has 0 aliphatic rings. The van der Waals surface area contributed by atoms with E-state index in [1.807, 2.05) is 37.3 Å². The monoisotopic (exact) mass is 404 g/mol. The van der Waals surface area contributed by atoms with Crippen LogP contribution in [0.4, 0.5) is 6.01 Å². The van der Waals surface area contributed by atoms with E-state index in [9.17, 15) is 9.59 Å². The zero-order valence-corrected chi connectivity index (χ0v) is 15.8. The van der Waals surface area contributed by atoms with Crippen LogP contribution in [-0.4, -0.2) is 21.1 Å². The second-order valence-electron chi connectivity index (χ2n) is 6.26. The Labute approximate surface area is 166 Å². The molecule has 3 heterocycles. The highest BCUT2D eigenvalue weighted by Crippen LogP contribution is 2.25. The van der Waals surface area contributed by atoms with E-state index in [-0.39, 0.29) is 17.5 Å². The second kappa shape index (κ2) is 6.64. The third-order valence-corrected chi connectivity index (χ3v) is 5.14. The van der Waals surface area contributed by atoms with E-state index in [0.29, 0.717) is 16.7 Å². The molecule has 0 bridgehead atoms. The summed E-state index contributed by atoms with van der Waals surface area (Å²) in [5, 5.41) is 15.2. The Balaban J connectivity index is 1.51. The number of carbonyl (C=O) groups is 1. The van der Waals surface area contributed by atoms with Gasteiger partial charge in [0.15, 0.2) is 0 Å². The predicted molar refractivity (Wildman–Crippen MR) is 108 cm³/mol. The molecule has 0 fully saturated rings. The number of nitrogens with zero attached hydrogens (tertiary/aromatic N) is 3. The molecule has 9 heteroatoms. The Kier molecular flexibility index (Phi) is 3.95. The van der Waals surface area contributed by atoms with E-state index in [1.165, 1.54) is 17.4 Å². The summed E-state index contributed by atoms with van der Waals surface area (Å²) in [4.78, 5) is 29.2. The Hall–Kier alpha value is -3.85. The van der Waals surface area contributed by atoms with E-state index in [2.05, 4.69) is 20.5 Å². The largest absolute Gasteiger partial charge is 0.422 e.